The fourth-order valence-electron chi connectivity index (χ4n) is 1.96. The van der Waals surface area contributed by atoms with Crippen molar-refractivity contribution in [1.29, 1.82) is 0 Å². The van der Waals surface area contributed by atoms with Gasteiger partial charge in [-0.15, -0.1) is 11.6 Å². The summed E-state index contributed by atoms with van der Waals surface area (Å²) in [5.41, 5.74) is 5.02. The van der Waals surface area contributed by atoms with Gasteiger partial charge in [-0.1, -0.05) is 0 Å². The Morgan fingerprint density at radius 3 is 2.83 bits per heavy atom. The van der Waals surface area contributed by atoms with Crippen LogP contribution >= 0.6 is 19.3 Å². The molecular formula is C9H20ClN4O7PS. The minimum Gasteiger partial charge on any atom is -0.350 e. The van der Waals surface area contributed by atoms with Gasteiger partial charge in [-0.25, -0.2) is 9.88 Å². The summed E-state index contributed by atoms with van der Waals surface area (Å²) in [4.78, 5) is 11.1. The molecule has 0 aliphatic carbocycles. The van der Waals surface area contributed by atoms with Gasteiger partial charge in [0.05, 0.1) is 19.5 Å². The van der Waals surface area contributed by atoms with Gasteiger partial charge in [0, 0.05) is 25.4 Å². The number of nitrogens with one attached hydrogen (secondary N) is 1. The summed E-state index contributed by atoms with van der Waals surface area (Å²) in [7, 11) is -7.28. The van der Waals surface area contributed by atoms with Crippen molar-refractivity contribution in [3.05, 3.63) is 0 Å². The fourth-order valence-corrected chi connectivity index (χ4v) is 4.72. The van der Waals surface area contributed by atoms with Crippen molar-refractivity contribution >= 4 is 35.4 Å². The molecule has 0 aromatic carbocycles. The van der Waals surface area contributed by atoms with E-state index >= 15 is 0 Å². The number of urea groups is 1. The van der Waals surface area contributed by atoms with E-state index in [1.165, 1.54) is 4.67 Å². The fraction of sp³-hybridized carbons (Fsp3) is 0.889. The Kier molecular flexibility index (Phi) is 7.68. The van der Waals surface area contributed by atoms with Gasteiger partial charge in [-0.05, 0) is 0 Å². The third-order valence-corrected chi connectivity index (χ3v) is 5.92. The number of hydroxylamine groups is 2. The number of nitrogens with two attached hydrogens (primary N) is 1. The Labute approximate surface area is 139 Å². The lowest BCUT2D eigenvalue weighted by Crippen LogP contribution is -2.54. The van der Waals surface area contributed by atoms with Gasteiger partial charge in [-0.3, -0.25) is 14.0 Å². The summed E-state index contributed by atoms with van der Waals surface area (Å²) in [5, 5.41) is 12.5. The number of nitrogens with zero attached hydrogens (tertiary/aromatic N) is 2. The number of amides is 2. The smallest absolute Gasteiger partial charge is 0.345 e. The molecule has 1 heterocycles. The first-order chi connectivity index (χ1) is 10.6. The molecule has 11 nitrogen and oxygen atoms in total. The van der Waals surface area contributed by atoms with E-state index in [1.54, 1.807) is 0 Å². The van der Waals surface area contributed by atoms with Gasteiger partial charge in [-0.2, -0.15) is 18.2 Å². The van der Waals surface area contributed by atoms with Crippen LogP contribution in [0.2, 0.25) is 0 Å². The maximum Gasteiger partial charge on any atom is 0.345 e. The highest BCUT2D eigenvalue weighted by Crippen LogP contribution is 2.51. The predicted molar refractivity (Wildman–Crippen MR) is 81.4 cm³/mol. The Bertz CT molecular complexity index is 562. The van der Waals surface area contributed by atoms with E-state index in [4.69, 9.17) is 21.9 Å². The molecular weight excluding hydrogens is 375 g/mol. The largest absolute Gasteiger partial charge is 0.350 e. The number of hydrogen-bond donors (Lipinski definition) is 3. The molecule has 2 amide bonds. The molecule has 0 aromatic rings. The molecule has 0 radical (unpaired) electrons. The molecule has 2 atom stereocenters. The van der Waals surface area contributed by atoms with Crippen LogP contribution in [-0.2, 0) is 23.4 Å². The molecule has 14 heteroatoms. The van der Waals surface area contributed by atoms with Gasteiger partial charge < -0.3 is 10.3 Å². The SMILES string of the molecule is CS(=O)(=O)OCCNP1(=O)OCCC(N(O)C(N)=O)N1CCCl. The van der Waals surface area contributed by atoms with Crippen molar-refractivity contribution in [2.75, 3.05) is 38.4 Å². The van der Waals surface area contributed by atoms with Crippen molar-refractivity contribution in [1.82, 2.24) is 14.8 Å². The van der Waals surface area contributed by atoms with Gasteiger partial charge in [0.15, 0.2) is 0 Å². The Morgan fingerprint density at radius 1 is 1.65 bits per heavy atom. The second-order valence-electron chi connectivity index (χ2n) is 4.59. The van der Waals surface area contributed by atoms with E-state index < -0.39 is 30.0 Å². The average molecular weight is 395 g/mol. The summed E-state index contributed by atoms with van der Waals surface area (Å²) >= 11 is 5.67. The van der Waals surface area contributed by atoms with Crippen molar-refractivity contribution in [3.63, 3.8) is 0 Å². The van der Waals surface area contributed by atoms with E-state index in [0.717, 1.165) is 6.26 Å². The highest BCUT2D eigenvalue weighted by atomic mass is 35.5. The van der Waals surface area contributed by atoms with Crippen LogP contribution in [0, 0.1) is 0 Å². The molecule has 4 N–H and O–H groups in total. The topological polar surface area (TPSA) is 152 Å². The quantitative estimate of drug-likeness (QED) is 0.126. The highest BCUT2D eigenvalue weighted by Gasteiger charge is 2.43. The third-order valence-electron chi connectivity index (χ3n) is 2.86. The van der Waals surface area contributed by atoms with Crippen LogP contribution < -0.4 is 10.8 Å². The summed E-state index contributed by atoms with van der Waals surface area (Å²) in [6.07, 6.45) is 0.0783. The van der Waals surface area contributed by atoms with Crippen molar-refractivity contribution in [2.24, 2.45) is 5.73 Å². The van der Waals surface area contributed by atoms with E-state index in [1.807, 2.05) is 0 Å². The van der Waals surface area contributed by atoms with Gasteiger partial charge in [0.25, 0.3) is 10.1 Å². The zero-order valence-corrected chi connectivity index (χ0v) is 14.9. The van der Waals surface area contributed by atoms with Crippen molar-refractivity contribution in [3.8, 4) is 0 Å². The zero-order valence-electron chi connectivity index (χ0n) is 12.4. The summed E-state index contributed by atoms with van der Waals surface area (Å²) in [6.45, 7) is -0.332. The monoisotopic (exact) mass is 394 g/mol. The molecule has 0 bridgehead atoms. The predicted octanol–water partition coefficient (Wildman–Crippen LogP) is -0.283. The maximum atomic E-state index is 12.9. The zero-order chi connectivity index (χ0) is 17.7. The van der Waals surface area contributed by atoms with Crippen LogP contribution in [0.1, 0.15) is 6.42 Å². The number of carbonyl (C=O) groups excluding carboxylic acids is 1. The van der Waals surface area contributed by atoms with Gasteiger partial charge in [0.1, 0.15) is 6.17 Å². The highest BCUT2D eigenvalue weighted by molar-refractivity contribution is 7.85. The number of carbonyl (C=O) groups is 1. The first-order valence-electron chi connectivity index (χ1n) is 6.55. The number of alkyl halides is 1. The summed E-state index contributed by atoms with van der Waals surface area (Å²) in [6, 6.07) is -1.11. The molecule has 136 valence electrons. The number of hydrogen-bond acceptors (Lipinski definition) is 7. The second-order valence-corrected chi connectivity index (χ2v) is 8.74. The molecule has 1 aliphatic heterocycles. The van der Waals surface area contributed by atoms with Gasteiger partial charge in [0.2, 0.25) is 0 Å². The van der Waals surface area contributed by atoms with E-state index in [9.17, 15) is 23.0 Å². The Hall–Kier alpha value is -0.460. The second kappa shape index (κ2) is 8.58. The molecule has 0 aromatic heterocycles. The molecule has 0 spiro atoms. The molecule has 1 fully saturated rings. The first-order valence-corrected chi connectivity index (χ1v) is 10.5. The van der Waals surface area contributed by atoms with Crippen LogP contribution in [0.4, 0.5) is 4.79 Å². The van der Waals surface area contributed by atoms with Gasteiger partial charge >= 0.3 is 13.7 Å². The van der Waals surface area contributed by atoms with E-state index in [0.29, 0.717) is 0 Å². The van der Waals surface area contributed by atoms with Crippen LogP contribution in [0.25, 0.3) is 0 Å². The minimum absolute atomic E-state index is 0.00892. The van der Waals surface area contributed by atoms with Crippen molar-refractivity contribution in [2.45, 2.75) is 12.6 Å². The van der Waals surface area contributed by atoms with E-state index in [2.05, 4.69) is 9.27 Å². The first kappa shape index (κ1) is 20.6. The molecule has 0 saturated carbocycles. The maximum absolute atomic E-state index is 12.9. The molecule has 1 rings (SSSR count). The van der Waals surface area contributed by atoms with Crippen LogP contribution in [0.15, 0.2) is 0 Å². The lowest BCUT2D eigenvalue weighted by atomic mass is 10.3. The summed E-state index contributed by atoms with van der Waals surface area (Å²) in [5.74, 6) is 0.0535. The lowest BCUT2D eigenvalue weighted by Gasteiger charge is -2.42. The van der Waals surface area contributed by atoms with Crippen LogP contribution in [-0.4, -0.2) is 74.0 Å². The van der Waals surface area contributed by atoms with Crippen LogP contribution in [0.3, 0.4) is 0 Å². The lowest BCUT2D eigenvalue weighted by molar-refractivity contribution is -0.121. The molecule has 23 heavy (non-hydrogen) atoms. The third kappa shape index (κ3) is 6.16. The minimum atomic E-state index is -3.66. The molecule has 1 aliphatic rings. The standard InChI is InChI=1S/C9H20ClN4O7PS/c1-23(18,19)21-7-4-12-22(17)13(5-3-10)8(2-6-20-22)14(16)9(11)15/h8,16H,2-7H2,1H3,(H2,11,15)(H,12,17). The molecule has 1 saturated heterocycles. The number of halogens is 1. The van der Waals surface area contributed by atoms with Crippen LogP contribution in [0.5, 0.6) is 0 Å². The Morgan fingerprint density at radius 2 is 2.30 bits per heavy atom. The normalized spacial score (nSPS) is 26.1. The number of rotatable bonds is 8. The Balaban J connectivity index is 2.79. The summed E-state index contributed by atoms with van der Waals surface area (Å²) < 4.78 is 45.6. The van der Waals surface area contributed by atoms with E-state index in [-0.39, 0.29) is 43.7 Å². The average Bonchev–Trinajstić information content (AvgIpc) is 2.44. The number of primary amides is 1. The molecule has 2 unspecified atom stereocenters. The van der Waals surface area contributed by atoms with Crippen molar-refractivity contribution < 1.29 is 31.7 Å².